The number of nitrogens with one attached hydrogen (secondary N) is 2. The third kappa shape index (κ3) is 3.51. The van der Waals surface area contributed by atoms with Gasteiger partial charge in [-0.2, -0.15) is 0 Å². The predicted octanol–water partition coefficient (Wildman–Crippen LogP) is 4.89. The van der Waals surface area contributed by atoms with Gasteiger partial charge in [-0.1, -0.05) is 32.0 Å². The molecule has 0 saturated heterocycles. The third-order valence-electron chi connectivity index (χ3n) is 5.99. The van der Waals surface area contributed by atoms with E-state index in [0.29, 0.717) is 34.0 Å². The first-order valence-corrected chi connectivity index (χ1v) is 9.93. The molecule has 0 aliphatic heterocycles. The Labute approximate surface area is 172 Å². The van der Waals surface area contributed by atoms with Crippen molar-refractivity contribution in [3.8, 4) is 11.3 Å². The first-order valence-electron chi connectivity index (χ1n) is 9.93. The van der Waals surface area contributed by atoms with Crippen molar-refractivity contribution in [3.63, 3.8) is 0 Å². The molecule has 0 bridgehead atoms. The Bertz CT molecular complexity index is 1240. The first kappa shape index (κ1) is 19.9. The second kappa shape index (κ2) is 7.82. The van der Waals surface area contributed by atoms with Crippen molar-refractivity contribution < 1.29 is 8.78 Å². The molecule has 0 unspecified atom stereocenters. The number of aromatic nitrogens is 4. The molecule has 0 radical (unpaired) electrons. The Kier molecular flexibility index (Phi) is 5.20. The van der Waals surface area contributed by atoms with Crippen LogP contribution in [-0.2, 0) is 11.8 Å². The third-order valence-corrected chi connectivity index (χ3v) is 5.99. The lowest BCUT2D eigenvalue weighted by molar-refractivity contribution is 0.380. The summed E-state index contributed by atoms with van der Waals surface area (Å²) in [4.78, 5) is 19.0. The number of hydrogen-bond donors (Lipinski definition) is 2. The van der Waals surface area contributed by atoms with Gasteiger partial charge in [-0.15, -0.1) is 10.2 Å². The van der Waals surface area contributed by atoms with Crippen LogP contribution in [0.3, 0.4) is 0 Å². The van der Waals surface area contributed by atoms with Gasteiger partial charge < -0.3 is 9.97 Å². The SMILES string of the molecule is CCC(CC)(Cc1nnc[nH]1)c1ccc(-c2ccc3cc(F)cc(F)c3c2)[nH]c1=O. The lowest BCUT2D eigenvalue weighted by Gasteiger charge is -2.30. The average Bonchev–Trinajstić information content (AvgIpc) is 3.25. The zero-order valence-corrected chi connectivity index (χ0v) is 16.8. The van der Waals surface area contributed by atoms with E-state index < -0.39 is 11.6 Å². The van der Waals surface area contributed by atoms with Gasteiger partial charge in [0, 0.05) is 34.5 Å². The standard InChI is InChI=1S/C23H22F2N4O/c1-3-23(4-2,12-21-26-13-27-29-21)18-7-8-20(28-22(18)30)15-6-5-14-9-16(24)11-19(25)17(14)10-15/h5-11,13H,3-4,12H2,1-2H3,(H,28,30)(H,26,27,29). The molecule has 30 heavy (non-hydrogen) atoms. The van der Waals surface area contributed by atoms with Crippen molar-refractivity contribution in [2.24, 2.45) is 0 Å². The summed E-state index contributed by atoms with van der Waals surface area (Å²) in [5.74, 6) is -0.513. The highest BCUT2D eigenvalue weighted by Gasteiger charge is 2.32. The summed E-state index contributed by atoms with van der Waals surface area (Å²) in [5.41, 5.74) is 1.36. The van der Waals surface area contributed by atoms with Crippen LogP contribution in [0, 0.1) is 11.6 Å². The quantitative estimate of drug-likeness (QED) is 0.477. The highest BCUT2D eigenvalue weighted by Crippen LogP contribution is 2.33. The van der Waals surface area contributed by atoms with E-state index in [2.05, 4.69) is 34.0 Å². The van der Waals surface area contributed by atoms with Crippen molar-refractivity contribution in [1.29, 1.82) is 0 Å². The largest absolute Gasteiger partial charge is 0.332 e. The molecule has 2 aromatic carbocycles. The van der Waals surface area contributed by atoms with E-state index >= 15 is 0 Å². The van der Waals surface area contributed by atoms with Crippen LogP contribution in [-0.4, -0.2) is 20.2 Å². The van der Waals surface area contributed by atoms with Crippen molar-refractivity contribution in [2.75, 3.05) is 0 Å². The molecule has 0 amide bonds. The number of rotatable bonds is 6. The van der Waals surface area contributed by atoms with Crippen LogP contribution in [0.5, 0.6) is 0 Å². The summed E-state index contributed by atoms with van der Waals surface area (Å²) in [6.07, 6.45) is 3.64. The smallest absolute Gasteiger partial charge is 0.252 e. The molecular weight excluding hydrogens is 386 g/mol. The molecule has 4 aromatic rings. The number of pyridine rings is 1. The molecule has 154 valence electrons. The number of aromatic amines is 2. The molecule has 5 nitrogen and oxygen atoms in total. The summed E-state index contributed by atoms with van der Waals surface area (Å²) < 4.78 is 27.6. The van der Waals surface area contributed by atoms with Gasteiger partial charge in [-0.05, 0) is 42.0 Å². The second-order valence-corrected chi connectivity index (χ2v) is 7.54. The summed E-state index contributed by atoms with van der Waals surface area (Å²) in [6.45, 7) is 4.11. The van der Waals surface area contributed by atoms with E-state index in [0.717, 1.165) is 24.7 Å². The van der Waals surface area contributed by atoms with E-state index in [-0.39, 0.29) is 11.0 Å². The fraction of sp³-hybridized carbons (Fsp3) is 0.261. The van der Waals surface area contributed by atoms with E-state index in [1.165, 1.54) is 12.4 Å². The topological polar surface area (TPSA) is 74.4 Å². The normalized spacial score (nSPS) is 11.9. The fourth-order valence-corrected chi connectivity index (χ4v) is 4.12. The maximum Gasteiger partial charge on any atom is 0.252 e. The van der Waals surface area contributed by atoms with Gasteiger partial charge in [0.05, 0.1) is 0 Å². The van der Waals surface area contributed by atoms with Crippen molar-refractivity contribution in [3.05, 3.63) is 82.2 Å². The van der Waals surface area contributed by atoms with Gasteiger partial charge >= 0.3 is 0 Å². The van der Waals surface area contributed by atoms with Crippen LogP contribution in [0.25, 0.3) is 22.0 Å². The molecule has 2 aromatic heterocycles. The van der Waals surface area contributed by atoms with Crippen LogP contribution in [0.1, 0.15) is 38.1 Å². The highest BCUT2D eigenvalue weighted by atomic mass is 19.1. The van der Waals surface area contributed by atoms with Crippen LogP contribution in [0.2, 0.25) is 0 Å². The number of H-pyrrole nitrogens is 2. The van der Waals surface area contributed by atoms with Crippen LogP contribution in [0.4, 0.5) is 8.78 Å². The molecule has 0 atom stereocenters. The summed E-state index contributed by atoms with van der Waals surface area (Å²) in [7, 11) is 0. The number of benzene rings is 2. The van der Waals surface area contributed by atoms with Crippen LogP contribution >= 0.6 is 0 Å². The molecule has 0 spiro atoms. The minimum atomic E-state index is -0.631. The zero-order chi connectivity index (χ0) is 21.3. The molecule has 2 N–H and O–H groups in total. The zero-order valence-electron chi connectivity index (χ0n) is 16.8. The monoisotopic (exact) mass is 408 g/mol. The summed E-state index contributed by atoms with van der Waals surface area (Å²) in [6, 6.07) is 10.8. The Morgan fingerprint density at radius 3 is 2.50 bits per heavy atom. The Balaban J connectivity index is 1.76. The van der Waals surface area contributed by atoms with Gasteiger partial charge in [-0.25, -0.2) is 8.78 Å². The molecular formula is C23H22F2N4O. The van der Waals surface area contributed by atoms with Crippen LogP contribution < -0.4 is 5.56 Å². The van der Waals surface area contributed by atoms with Gasteiger partial charge in [0.1, 0.15) is 23.8 Å². The van der Waals surface area contributed by atoms with E-state index in [1.807, 2.05) is 12.1 Å². The molecule has 0 aliphatic carbocycles. The summed E-state index contributed by atoms with van der Waals surface area (Å²) >= 11 is 0. The first-order chi connectivity index (χ1) is 14.5. The molecule has 4 rings (SSSR count). The van der Waals surface area contributed by atoms with Crippen LogP contribution in [0.15, 0.2) is 53.6 Å². The Morgan fingerprint density at radius 1 is 1.03 bits per heavy atom. The highest BCUT2D eigenvalue weighted by molar-refractivity contribution is 5.87. The average molecular weight is 408 g/mol. The van der Waals surface area contributed by atoms with E-state index in [4.69, 9.17) is 0 Å². The van der Waals surface area contributed by atoms with Crippen molar-refractivity contribution >= 4 is 10.8 Å². The number of hydrogen-bond acceptors (Lipinski definition) is 3. The van der Waals surface area contributed by atoms with Gasteiger partial charge in [-0.3, -0.25) is 4.79 Å². The molecule has 7 heteroatoms. The molecule has 0 fully saturated rings. The number of halogens is 2. The van der Waals surface area contributed by atoms with Gasteiger partial charge in [0.25, 0.3) is 5.56 Å². The lowest BCUT2D eigenvalue weighted by atomic mass is 9.73. The molecule has 0 aliphatic rings. The summed E-state index contributed by atoms with van der Waals surface area (Å²) in [5, 5.41) is 8.69. The molecule has 0 saturated carbocycles. The van der Waals surface area contributed by atoms with E-state index in [9.17, 15) is 13.6 Å². The van der Waals surface area contributed by atoms with E-state index in [1.54, 1.807) is 18.2 Å². The Hall–Kier alpha value is -3.35. The number of fused-ring (bicyclic) bond motifs is 1. The second-order valence-electron chi connectivity index (χ2n) is 7.54. The van der Waals surface area contributed by atoms with Gasteiger partial charge in [0.15, 0.2) is 0 Å². The minimum Gasteiger partial charge on any atom is -0.332 e. The maximum absolute atomic E-state index is 14.2. The lowest BCUT2D eigenvalue weighted by Crippen LogP contribution is -2.34. The van der Waals surface area contributed by atoms with Gasteiger partial charge in [0.2, 0.25) is 0 Å². The fourth-order valence-electron chi connectivity index (χ4n) is 4.12. The minimum absolute atomic E-state index is 0.185. The molecule has 2 heterocycles. The maximum atomic E-state index is 14.2. The van der Waals surface area contributed by atoms with Crippen molar-refractivity contribution in [2.45, 2.75) is 38.5 Å². The predicted molar refractivity (Wildman–Crippen MR) is 112 cm³/mol. The van der Waals surface area contributed by atoms with Crippen molar-refractivity contribution in [1.82, 2.24) is 20.2 Å². The number of nitrogens with zero attached hydrogens (tertiary/aromatic N) is 2. The Morgan fingerprint density at radius 2 is 1.83 bits per heavy atom.